The third-order valence-corrected chi connectivity index (χ3v) is 8.28. The summed E-state index contributed by atoms with van der Waals surface area (Å²) in [5.41, 5.74) is 3.24. The van der Waals surface area contributed by atoms with Crippen molar-refractivity contribution in [2.45, 2.75) is 81.9 Å². The van der Waals surface area contributed by atoms with Gasteiger partial charge in [0.05, 0.1) is 12.9 Å². The molecule has 220 valence electrons. The van der Waals surface area contributed by atoms with E-state index in [1.54, 1.807) is 6.92 Å². The van der Waals surface area contributed by atoms with Crippen LogP contribution in [0, 0.1) is 12.3 Å². The molecule has 0 unspecified atom stereocenters. The van der Waals surface area contributed by atoms with E-state index in [0.717, 1.165) is 49.7 Å². The Morgan fingerprint density at radius 1 is 1.43 bits per heavy atom. The Labute approximate surface area is 230 Å². The van der Waals surface area contributed by atoms with Crippen molar-refractivity contribution in [1.29, 1.82) is 0 Å². The number of anilines is 1. The standard InChI is InChI=1S/C24H34FN6O8P/c1-5-23(34)20(33)24(25,12-37-40(4,35)30-14(3)19(32)38-15-10-8-7-9-11-15)39-21(23)31-13-27-16-17(31)28-22(26)29-18(16)36-6-2/h1,13-15,20-21,33-34H,6-12H2,2-4H3,(H,30,35)(H2,26,28,29)/t14-,20-,21+,23+,24+,40+/m0/s1. The van der Waals surface area contributed by atoms with Crippen molar-refractivity contribution in [2.24, 2.45) is 0 Å². The van der Waals surface area contributed by atoms with Gasteiger partial charge in [0.25, 0.3) is 13.4 Å². The Morgan fingerprint density at radius 3 is 2.77 bits per heavy atom. The molecule has 6 atom stereocenters. The van der Waals surface area contributed by atoms with Gasteiger partial charge in [-0.25, -0.2) is 14.5 Å². The quantitative estimate of drug-likeness (QED) is 0.178. The molecule has 0 amide bonds. The van der Waals surface area contributed by atoms with Gasteiger partial charge in [-0.2, -0.15) is 9.97 Å². The topological polar surface area (TPSA) is 193 Å². The van der Waals surface area contributed by atoms with Gasteiger partial charge in [-0.15, -0.1) is 6.42 Å². The highest BCUT2D eigenvalue weighted by Crippen LogP contribution is 2.49. The molecule has 0 radical (unpaired) electrons. The first-order chi connectivity index (χ1) is 18.8. The molecule has 4 rings (SSSR count). The lowest BCUT2D eigenvalue weighted by atomic mass is 9.94. The number of ether oxygens (including phenoxy) is 3. The number of nitrogens with one attached hydrogen (secondary N) is 1. The molecule has 2 fully saturated rings. The van der Waals surface area contributed by atoms with E-state index in [9.17, 15) is 19.6 Å². The zero-order valence-electron chi connectivity index (χ0n) is 22.4. The summed E-state index contributed by atoms with van der Waals surface area (Å²) in [6.07, 6.45) is 6.85. The van der Waals surface area contributed by atoms with Crippen LogP contribution in [0.2, 0.25) is 0 Å². The summed E-state index contributed by atoms with van der Waals surface area (Å²) in [7, 11) is -3.86. The summed E-state index contributed by atoms with van der Waals surface area (Å²) in [5, 5.41) is 24.4. The largest absolute Gasteiger partial charge is 0.476 e. The van der Waals surface area contributed by atoms with Crippen molar-refractivity contribution < 1.29 is 42.7 Å². The second-order valence-electron chi connectivity index (χ2n) is 9.94. The van der Waals surface area contributed by atoms with E-state index >= 15 is 4.39 Å². The predicted molar refractivity (Wildman–Crippen MR) is 140 cm³/mol. The molecule has 16 heteroatoms. The maximum atomic E-state index is 16.0. The van der Waals surface area contributed by atoms with Crippen LogP contribution in [0.4, 0.5) is 10.3 Å². The second kappa shape index (κ2) is 11.6. The average Bonchev–Trinajstić information content (AvgIpc) is 3.41. The summed E-state index contributed by atoms with van der Waals surface area (Å²) < 4.78 is 51.8. The number of carbonyl (C=O) groups excluding carboxylic acids is 1. The number of hydrogen-bond donors (Lipinski definition) is 4. The van der Waals surface area contributed by atoms with E-state index in [1.807, 2.05) is 5.92 Å². The number of aliphatic hydroxyl groups excluding tert-OH is 1. The minimum atomic E-state index is -3.86. The van der Waals surface area contributed by atoms with Gasteiger partial charge in [0.1, 0.15) is 18.8 Å². The number of rotatable bonds is 10. The minimum Gasteiger partial charge on any atom is -0.476 e. The van der Waals surface area contributed by atoms with Gasteiger partial charge in [-0.3, -0.25) is 13.9 Å². The lowest BCUT2D eigenvalue weighted by Gasteiger charge is -2.28. The van der Waals surface area contributed by atoms with E-state index < -0.39 is 49.9 Å². The Balaban J connectivity index is 1.49. The molecule has 40 heavy (non-hydrogen) atoms. The molecule has 2 aliphatic rings. The number of alkyl halides is 1. The molecule has 2 aromatic heterocycles. The van der Waals surface area contributed by atoms with Crippen LogP contribution in [0.1, 0.15) is 52.2 Å². The fourth-order valence-corrected chi connectivity index (χ4v) is 6.06. The average molecular weight is 585 g/mol. The molecular formula is C24H34FN6O8P. The zero-order valence-corrected chi connectivity index (χ0v) is 23.3. The fourth-order valence-electron chi connectivity index (χ4n) is 4.75. The monoisotopic (exact) mass is 584 g/mol. The van der Waals surface area contributed by atoms with Gasteiger partial charge in [0.2, 0.25) is 17.4 Å². The van der Waals surface area contributed by atoms with Crippen LogP contribution >= 0.6 is 7.52 Å². The third-order valence-electron chi connectivity index (χ3n) is 6.81. The number of imidazole rings is 1. The zero-order chi connectivity index (χ0) is 29.3. The molecule has 3 heterocycles. The first-order valence-corrected chi connectivity index (χ1v) is 15.0. The summed E-state index contributed by atoms with van der Waals surface area (Å²) in [6.45, 7) is 3.41. The van der Waals surface area contributed by atoms with E-state index in [-0.39, 0.29) is 35.7 Å². The Morgan fingerprint density at radius 2 is 2.12 bits per heavy atom. The Bertz CT molecular complexity index is 1330. The Hall–Kier alpha value is -2.86. The lowest BCUT2D eigenvalue weighted by molar-refractivity contribution is -0.202. The number of carbonyl (C=O) groups is 1. The van der Waals surface area contributed by atoms with E-state index in [4.69, 9.17) is 30.9 Å². The van der Waals surface area contributed by atoms with Gasteiger partial charge in [-0.1, -0.05) is 12.3 Å². The summed E-state index contributed by atoms with van der Waals surface area (Å²) >= 11 is 0. The number of nitrogens with two attached hydrogens (primary N) is 1. The first kappa shape index (κ1) is 30.1. The van der Waals surface area contributed by atoms with Crippen LogP contribution in [0.25, 0.3) is 11.2 Å². The molecule has 0 bridgehead atoms. The normalized spacial score (nSPS) is 29.5. The number of aromatic nitrogens is 4. The van der Waals surface area contributed by atoms with E-state index in [0.29, 0.717) is 0 Å². The molecule has 1 aliphatic carbocycles. The molecule has 1 saturated heterocycles. The van der Waals surface area contributed by atoms with Gasteiger partial charge < -0.3 is 34.7 Å². The molecule has 1 saturated carbocycles. The highest BCUT2D eigenvalue weighted by atomic mass is 31.2. The van der Waals surface area contributed by atoms with Crippen LogP contribution in [0.15, 0.2) is 6.33 Å². The fraction of sp³-hybridized carbons (Fsp3) is 0.667. The molecular weight excluding hydrogens is 550 g/mol. The molecule has 1 aliphatic heterocycles. The third kappa shape index (κ3) is 5.93. The molecule has 2 aromatic rings. The number of hydrogen-bond acceptors (Lipinski definition) is 12. The van der Waals surface area contributed by atoms with Crippen LogP contribution in [0.5, 0.6) is 5.88 Å². The number of esters is 1. The number of aliphatic hydroxyl groups is 2. The van der Waals surface area contributed by atoms with Crippen LogP contribution in [0.3, 0.4) is 0 Å². The summed E-state index contributed by atoms with van der Waals surface area (Å²) in [6, 6.07) is -1.03. The lowest BCUT2D eigenvalue weighted by Crippen LogP contribution is -2.50. The van der Waals surface area contributed by atoms with Crippen molar-refractivity contribution in [1.82, 2.24) is 24.6 Å². The van der Waals surface area contributed by atoms with E-state index in [2.05, 4.69) is 20.0 Å². The minimum absolute atomic E-state index is 0.0138. The first-order valence-electron chi connectivity index (χ1n) is 12.9. The summed E-state index contributed by atoms with van der Waals surface area (Å²) in [4.78, 5) is 24.6. The molecule has 0 spiro atoms. The maximum absolute atomic E-state index is 16.0. The van der Waals surface area contributed by atoms with Crippen LogP contribution in [-0.2, 0) is 23.4 Å². The van der Waals surface area contributed by atoms with Gasteiger partial charge in [0.15, 0.2) is 23.5 Å². The van der Waals surface area contributed by atoms with Gasteiger partial charge in [0, 0.05) is 6.66 Å². The highest BCUT2D eigenvalue weighted by Gasteiger charge is 2.65. The van der Waals surface area contributed by atoms with Crippen molar-refractivity contribution in [3.05, 3.63) is 6.33 Å². The van der Waals surface area contributed by atoms with Gasteiger partial charge >= 0.3 is 5.97 Å². The number of nitrogen functional groups attached to an aromatic ring is 1. The maximum Gasteiger partial charge on any atom is 0.323 e. The van der Waals surface area contributed by atoms with Crippen molar-refractivity contribution >= 4 is 30.6 Å². The predicted octanol–water partition coefficient (Wildman–Crippen LogP) is 1.42. The van der Waals surface area contributed by atoms with Crippen LogP contribution < -0.4 is 15.6 Å². The Kier molecular flexibility index (Phi) is 8.70. The second-order valence-corrected chi connectivity index (χ2v) is 12.1. The molecule has 5 N–H and O–H groups in total. The molecule has 14 nitrogen and oxygen atoms in total. The SMILES string of the molecule is C#C[C@]1(O)[C@H](n2cnc3c(OCC)nc(N)nc32)O[C@](F)(CO[P@@](C)(=O)N[C@@H](C)C(=O)OC2CCCCC2)[C@H]1O. The van der Waals surface area contributed by atoms with E-state index in [1.165, 1.54) is 6.92 Å². The number of terminal acetylenes is 1. The molecule has 0 aromatic carbocycles. The number of nitrogens with zero attached hydrogens (tertiary/aromatic N) is 4. The van der Waals surface area contributed by atoms with Gasteiger partial charge in [-0.05, 0) is 39.5 Å². The highest BCUT2D eigenvalue weighted by molar-refractivity contribution is 7.56. The van der Waals surface area contributed by atoms with Crippen molar-refractivity contribution in [2.75, 3.05) is 25.6 Å². The smallest absolute Gasteiger partial charge is 0.323 e. The van der Waals surface area contributed by atoms with Crippen molar-refractivity contribution in [3.63, 3.8) is 0 Å². The summed E-state index contributed by atoms with van der Waals surface area (Å²) in [5.74, 6) is -1.95. The van der Waals surface area contributed by atoms with Crippen LogP contribution in [-0.4, -0.2) is 85.3 Å². The number of halogens is 1. The van der Waals surface area contributed by atoms with Crippen molar-refractivity contribution in [3.8, 4) is 18.2 Å². The number of fused-ring (bicyclic) bond motifs is 1.